The van der Waals surface area contributed by atoms with Gasteiger partial charge < -0.3 is 9.53 Å². The number of Topliss-reactive ketones (excluding diaryl/α,β-unsaturated/α-hetero) is 1. The zero-order valence-electron chi connectivity index (χ0n) is 15.7. The molecule has 0 radical (unpaired) electrons. The van der Waals surface area contributed by atoms with Gasteiger partial charge in [-0.3, -0.25) is 4.79 Å². The first-order valence-electron chi connectivity index (χ1n) is 9.28. The maximum Gasteiger partial charge on any atom is 0.192 e. The highest BCUT2D eigenvalue weighted by Gasteiger charge is 2.43. The first kappa shape index (κ1) is 19.8. The Balaban J connectivity index is 2.18. The first-order chi connectivity index (χ1) is 12.0. The minimum atomic E-state index is -1.85. The molecule has 1 aliphatic rings. The molecule has 0 spiro atoms. The molecule has 0 amide bonds. The number of ketones is 1. The topological polar surface area (TPSA) is 46.5 Å². The summed E-state index contributed by atoms with van der Waals surface area (Å²) in [6.45, 7) is 8.34. The molecule has 3 nitrogen and oxygen atoms in total. The van der Waals surface area contributed by atoms with E-state index in [1.165, 1.54) is 0 Å². The lowest BCUT2D eigenvalue weighted by Gasteiger charge is -2.34. The van der Waals surface area contributed by atoms with Crippen LogP contribution in [0, 0.1) is 5.92 Å². The Morgan fingerprint density at radius 1 is 1.16 bits per heavy atom. The van der Waals surface area contributed by atoms with Crippen LogP contribution in [0.25, 0.3) is 6.08 Å². The highest BCUT2D eigenvalue weighted by Crippen LogP contribution is 2.33. The van der Waals surface area contributed by atoms with Crippen LogP contribution in [0.15, 0.2) is 48.1 Å². The van der Waals surface area contributed by atoms with Crippen molar-refractivity contribution >= 4 is 20.2 Å². The minimum Gasteiger partial charge on any atom is -0.410 e. The van der Waals surface area contributed by atoms with Gasteiger partial charge in [-0.05, 0) is 42.3 Å². The van der Waals surface area contributed by atoms with Crippen LogP contribution in [0.4, 0.5) is 0 Å². The Kier molecular flexibility index (Phi) is 6.93. The largest absolute Gasteiger partial charge is 0.410 e. The Morgan fingerprint density at radius 3 is 2.32 bits per heavy atom. The number of rotatable bonds is 8. The van der Waals surface area contributed by atoms with Crippen molar-refractivity contribution in [1.82, 2.24) is 0 Å². The van der Waals surface area contributed by atoms with Gasteiger partial charge in [-0.25, -0.2) is 0 Å². The molecule has 25 heavy (non-hydrogen) atoms. The van der Waals surface area contributed by atoms with Crippen LogP contribution in [0.1, 0.15) is 33.3 Å². The zero-order chi connectivity index (χ0) is 18.4. The molecule has 0 aromatic heterocycles. The third kappa shape index (κ3) is 4.57. The summed E-state index contributed by atoms with van der Waals surface area (Å²) in [6, 6.07) is 12.9. The second-order valence-electron chi connectivity index (χ2n) is 6.83. The van der Waals surface area contributed by atoms with Gasteiger partial charge in [0.05, 0.1) is 18.1 Å². The van der Waals surface area contributed by atoms with Crippen LogP contribution in [-0.2, 0) is 9.22 Å². The van der Waals surface area contributed by atoms with Gasteiger partial charge in [-0.1, -0.05) is 63.3 Å². The summed E-state index contributed by atoms with van der Waals surface area (Å²) in [5.41, 5.74) is 1.71. The fraction of sp³-hybridized carbons (Fsp3) is 0.476. The molecule has 0 fully saturated rings. The van der Waals surface area contributed by atoms with Crippen molar-refractivity contribution in [3.8, 4) is 0 Å². The van der Waals surface area contributed by atoms with Gasteiger partial charge in [0.15, 0.2) is 14.1 Å². The molecule has 4 heteroatoms. The van der Waals surface area contributed by atoms with Gasteiger partial charge in [0.25, 0.3) is 0 Å². The number of benzene rings is 1. The lowest BCUT2D eigenvalue weighted by atomic mass is 9.94. The molecular formula is C21H30O3Si. The molecule has 1 aromatic rings. The molecule has 0 bridgehead atoms. The van der Waals surface area contributed by atoms with Gasteiger partial charge in [-0.15, -0.1) is 0 Å². The SMILES string of the molecule is CC[Si](CC)(CC)OC1C=C(C)C(=O)C1C(O)/C=C/c1ccccc1. The zero-order valence-corrected chi connectivity index (χ0v) is 16.7. The van der Waals surface area contributed by atoms with E-state index in [1.54, 1.807) is 6.08 Å². The third-order valence-electron chi connectivity index (χ3n) is 5.43. The summed E-state index contributed by atoms with van der Waals surface area (Å²) in [6.07, 6.45) is 4.34. The molecule has 0 aliphatic heterocycles. The molecule has 1 N–H and O–H groups in total. The molecule has 0 heterocycles. The van der Waals surface area contributed by atoms with E-state index in [0.29, 0.717) is 5.57 Å². The summed E-state index contributed by atoms with van der Waals surface area (Å²) >= 11 is 0. The first-order valence-corrected chi connectivity index (χ1v) is 11.8. The van der Waals surface area contributed by atoms with Crippen molar-refractivity contribution in [2.24, 2.45) is 5.92 Å². The van der Waals surface area contributed by atoms with Crippen LogP contribution in [0.5, 0.6) is 0 Å². The van der Waals surface area contributed by atoms with E-state index in [2.05, 4.69) is 20.8 Å². The Morgan fingerprint density at radius 2 is 1.76 bits per heavy atom. The fourth-order valence-electron chi connectivity index (χ4n) is 3.48. The number of carbonyl (C=O) groups is 1. The molecule has 3 unspecified atom stereocenters. The van der Waals surface area contributed by atoms with E-state index in [4.69, 9.17) is 4.43 Å². The Hall–Kier alpha value is -1.49. The summed E-state index contributed by atoms with van der Waals surface area (Å²) in [5, 5.41) is 10.7. The predicted octanol–water partition coefficient (Wildman–Crippen LogP) is 4.60. The predicted molar refractivity (Wildman–Crippen MR) is 106 cm³/mol. The number of aliphatic hydroxyl groups is 1. The highest BCUT2D eigenvalue weighted by molar-refractivity contribution is 6.73. The van der Waals surface area contributed by atoms with E-state index >= 15 is 0 Å². The maximum atomic E-state index is 12.6. The summed E-state index contributed by atoms with van der Waals surface area (Å²) in [7, 11) is -1.85. The number of allylic oxidation sites excluding steroid dienone is 1. The van der Waals surface area contributed by atoms with Gasteiger partial charge in [0, 0.05) is 0 Å². The number of carbonyl (C=O) groups excluding carboxylic acids is 1. The summed E-state index contributed by atoms with van der Waals surface area (Å²) < 4.78 is 6.52. The molecule has 1 aliphatic carbocycles. The van der Waals surface area contributed by atoms with Crippen LogP contribution in [-0.4, -0.2) is 31.4 Å². The molecule has 0 saturated heterocycles. The van der Waals surface area contributed by atoms with E-state index in [0.717, 1.165) is 23.7 Å². The van der Waals surface area contributed by atoms with E-state index in [9.17, 15) is 9.90 Å². The van der Waals surface area contributed by atoms with E-state index in [1.807, 2.05) is 49.4 Å². The lowest BCUT2D eigenvalue weighted by molar-refractivity contribution is -0.122. The second-order valence-corrected chi connectivity index (χ2v) is 11.5. The van der Waals surface area contributed by atoms with E-state index in [-0.39, 0.29) is 11.9 Å². The molecule has 136 valence electrons. The second kappa shape index (κ2) is 8.74. The van der Waals surface area contributed by atoms with Crippen molar-refractivity contribution in [3.63, 3.8) is 0 Å². The van der Waals surface area contributed by atoms with Crippen LogP contribution in [0.2, 0.25) is 18.1 Å². The summed E-state index contributed by atoms with van der Waals surface area (Å²) in [4.78, 5) is 12.6. The maximum absolute atomic E-state index is 12.6. The Bertz CT molecular complexity index is 624. The van der Waals surface area contributed by atoms with Crippen molar-refractivity contribution in [2.75, 3.05) is 0 Å². The number of hydrogen-bond donors (Lipinski definition) is 1. The lowest BCUT2D eigenvalue weighted by Crippen LogP contribution is -2.44. The van der Waals surface area contributed by atoms with E-state index < -0.39 is 20.3 Å². The van der Waals surface area contributed by atoms with Crippen molar-refractivity contribution in [3.05, 3.63) is 53.6 Å². The molecule has 3 atom stereocenters. The molecule has 2 rings (SSSR count). The normalized spacial score (nSPS) is 22.4. The minimum absolute atomic E-state index is 0.00132. The van der Waals surface area contributed by atoms with Crippen LogP contribution < -0.4 is 0 Å². The smallest absolute Gasteiger partial charge is 0.192 e. The third-order valence-corrected chi connectivity index (χ3v) is 10.1. The molecular weight excluding hydrogens is 328 g/mol. The van der Waals surface area contributed by atoms with Gasteiger partial charge in [-0.2, -0.15) is 0 Å². The average Bonchev–Trinajstić information content (AvgIpc) is 2.92. The van der Waals surface area contributed by atoms with Gasteiger partial charge in [0.1, 0.15) is 0 Å². The summed E-state index contributed by atoms with van der Waals surface area (Å²) in [5.74, 6) is -0.530. The number of aliphatic hydroxyl groups excluding tert-OH is 1. The molecule has 1 aromatic carbocycles. The van der Waals surface area contributed by atoms with Crippen molar-refractivity contribution < 1.29 is 14.3 Å². The number of hydrogen-bond acceptors (Lipinski definition) is 3. The Labute approximate surface area is 152 Å². The van der Waals surface area contributed by atoms with Crippen molar-refractivity contribution in [1.29, 1.82) is 0 Å². The van der Waals surface area contributed by atoms with Crippen LogP contribution >= 0.6 is 0 Å². The quantitative estimate of drug-likeness (QED) is 0.691. The standard InChI is InChI=1S/C21H30O3Si/c1-5-25(6-2,7-3)24-19-15-16(4)21(23)20(19)18(22)14-13-17-11-9-8-10-12-17/h8-15,18-20,22H,5-7H2,1-4H3/b14-13+. The van der Waals surface area contributed by atoms with Gasteiger partial charge >= 0.3 is 0 Å². The van der Waals surface area contributed by atoms with Gasteiger partial charge in [0.2, 0.25) is 0 Å². The molecule has 0 saturated carbocycles. The monoisotopic (exact) mass is 358 g/mol. The van der Waals surface area contributed by atoms with Crippen LogP contribution in [0.3, 0.4) is 0 Å². The average molecular weight is 359 g/mol. The highest BCUT2D eigenvalue weighted by atomic mass is 28.4. The fourth-order valence-corrected chi connectivity index (χ4v) is 6.28. The van der Waals surface area contributed by atoms with Crippen molar-refractivity contribution in [2.45, 2.75) is 58.0 Å².